The molecular formula is C21H21ClFN3O2S. The highest BCUT2D eigenvalue weighted by Crippen LogP contribution is 2.43. The van der Waals surface area contributed by atoms with E-state index in [1.807, 2.05) is 24.3 Å². The minimum absolute atomic E-state index is 0.196. The topological polar surface area (TPSA) is 52.7 Å². The fourth-order valence-electron chi connectivity index (χ4n) is 3.63. The third-order valence-electron chi connectivity index (χ3n) is 5.39. The second kappa shape index (κ2) is 7.97. The van der Waals surface area contributed by atoms with Crippen molar-refractivity contribution >= 4 is 40.9 Å². The summed E-state index contributed by atoms with van der Waals surface area (Å²) in [4.78, 5) is 30.6. The molecule has 5 nitrogen and oxygen atoms in total. The summed E-state index contributed by atoms with van der Waals surface area (Å²) in [5.74, 6) is -0.817. The molecule has 1 atom stereocenters. The maximum Gasteiger partial charge on any atom is 0.250 e. The highest BCUT2D eigenvalue weighted by molar-refractivity contribution is 8.02. The van der Waals surface area contributed by atoms with Gasteiger partial charge >= 0.3 is 0 Å². The number of fused-ring (bicyclic) bond motifs is 1. The molecule has 29 heavy (non-hydrogen) atoms. The summed E-state index contributed by atoms with van der Waals surface area (Å²) in [6.45, 7) is 4.22. The van der Waals surface area contributed by atoms with Gasteiger partial charge in [0.2, 0.25) is 11.8 Å². The van der Waals surface area contributed by atoms with E-state index in [9.17, 15) is 14.0 Å². The number of nitrogens with zero attached hydrogens (tertiary/aromatic N) is 2. The smallest absolute Gasteiger partial charge is 0.250 e. The Labute approximate surface area is 178 Å². The Morgan fingerprint density at radius 2 is 1.90 bits per heavy atom. The normalized spacial score (nSPS) is 22.2. The molecule has 152 valence electrons. The number of nitrogens with one attached hydrogen (secondary N) is 1. The Morgan fingerprint density at radius 1 is 1.17 bits per heavy atom. The Kier molecular flexibility index (Phi) is 5.55. The largest absolute Gasteiger partial charge is 0.338 e. The van der Waals surface area contributed by atoms with Crippen LogP contribution in [0, 0.1) is 5.82 Å². The van der Waals surface area contributed by atoms with E-state index in [0.717, 1.165) is 10.6 Å². The molecule has 0 radical (unpaired) electrons. The molecular weight excluding hydrogens is 413 g/mol. The molecule has 0 bridgehead atoms. The first-order valence-corrected chi connectivity index (χ1v) is 10.6. The molecule has 2 aliphatic heterocycles. The van der Waals surface area contributed by atoms with Gasteiger partial charge in [0, 0.05) is 48.2 Å². The predicted molar refractivity (Wildman–Crippen MR) is 113 cm³/mol. The lowest BCUT2D eigenvalue weighted by Crippen LogP contribution is -2.58. The number of halogens is 2. The number of carbonyl (C=O) groups is 2. The first-order chi connectivity index (χ1) is 13.9. The van der Waals surface area contributed by atoms with E-state index in [-0.39, 0.29) is 17.6 Å². The SMILES string of the molecule is CC1(C(=O)N2CCN(Cc3c(F)cccc3Cl)CC2)Sc2ccccc2NC1=O. The van der Waals surface area contributed by atoms with E-state index < -0.39 is 4.75 Å². The van der Waals surface area contributed by atoms with Crippen molar-refractivity contribution in [1.29, 1.82) is 0 Å². The molecule has 0 spiro atoms. The molecule has 1 fully saturated rings. The van der Waals surface area contributed by atoms with Gasteiger partial charge in [0.1, 0.15) is 5.82 Å². The fraction of sp³-hybridized carbons (Fsp3) is 0.333. The van der Waals surface area contributed by atoms with Gasteiger partial charge < -0.3 is 10.2 Å². The number of benzene rings is 2. The summed E-state index contributed by atoms with van der Waals surface area (Å²) in [6.07, 6.45) is 0. The van der Waals surface area contributed by atoms with Crippen LogP contribution in [0.4, 0.5) is 10.1 Å². The molecule has 2 aromatic rings. The van der Waals surface area contributed by atoms with Crippen molar-refractivity contribution in [2.45, 2.75) is 23.1 Å². The summed E-state index contributed by atoms with van der Waals surface area (Å²) < 4.78 is 12.8. The molecule has 4 rings (SSSR count). The first-order valence-electron chi connectivity index (χ1n) is 9.42. The maximum atomic E-state index is 14.0. The van der Waals surface area contributed by atoms with Gasteiger partial charge in [-0.05, 0) is 31.2 Å². The van der Waals surface area contributed by atoms with Crippen LogP contribution >= 0.6 is 23.4 Å². The second-order valence-corrected chi connectivity index (χ2v) is 9.22. The molecule has 2 aliphatic rings. The van der Waals surface area contributed by atoms with Crippen molar-refractivity contribution in [1.82, 2.24) is 9.80 Å². The standard InChI is InChI=1S/C21H21ClFN3O2S/c1-21(19(27)24-17-7-2-3-8-18(17)29-21)20(28)26-11-9-25(10-12-26)13-14-15(22)5-4-6-16(14)23/h2-8H,9-13H2,1H3,(H,24,27). The Hall–Kier alpha value is -2.09. The van der Waals surface area contributed by atoms with Gasteiger partial charge in [-0.2, -0.15) is 0 Å². The van der Waals surface area contributed by atoms with Crippen molar-refractivity contribution in [3.8, 4) is 0 Å². The summed E-state index contributed by atoms with van der Waals surface area (Å²) in [6, 6.07) is 12.1. The van der Waals surface area contributed by atoms with Crippen LogP contribution in [-0.2, 0) is 16.1 Å². The highest BCUT2D eigenvalue weighted by atomic mass is 35.5. The zero-order chi connectivity index (χ0) is 20.6. The van der Waals surface area contributed by atoms with Crippen molar-refractivity contribution in [2.75, 3.05) is 31.5 Å². The van der Waals surface area contributed by atoms with E-state index in [4.69, 9.17) is 11.6 Å². The molecule has 2 aromatic carbocycles. The number of carbonyl (C=O) groups excluding carboxylic acids is 2. The number of anilines is 1. The highest BCUT2D eigenvalue weighted by Gasteiger charge is 2.48. The number of hydrogen-bond acceptors (Lipinski definition) is 4. The fourth-order valence-corrected chi connectivity index (χ4v) is 5.02. The molecule has 0 aliphatic carbocycles. The minimum atomic E-state index is -1.20. The summed E-state index contributed by atoms with van der Waals surface area (Å²) in [7, 11) is 0. The van der Waals surface area contributed by atoms with Gasteiger partial charge in [-0.25, -0.2) is 4.39 Å². The Morgan fingerprint density at radius 3 is 2.62 bits per heavy atom. The summed E-state index contributed by atoms with van der Waals surface area (Å²) >= 11 is 7.42. The summed E-state index contributed by atoms with van der Waals surface area (Å²) in [5, 5.41) is 3.26. The van der Waals surface area contributed by atoms with Gasteiger partial charge in [-0.3, -0.25) is 14.5 Å². The molecule has 1 saturated heterocycles. The number of hydrogen-bond donors (Lipinski definition) is 1. The van der Waals surface area contributed by atoms with Crippen LogP contribution in [0.2, 0.25) is 5.02 Å². The molecule has 1 N–H and O–H groups in total. The van der Waals surface area contributed by atoms with Crippen LogP contribution in [0.15, 0.2) is 47.4 Å². The van der Waals surface area contributed by atoms with Crippen LogP contribution in [0.3, 0.4) is 0 Å². The van der Waals surface area contributed by atoms with Gasteiger partial charge in [0.25, 0.3) is 0 Å². The second-order valence-electron chi connectivity index (χ2n) is 7.35. The van der Waals surface area contributed by atoms with Crippen molar-refractivity contribution in [3.63, 3.8) is 0 Å². The Balaban J connectivity index is 1.42. The first kappa shape index (κ1) is 20.2. The van der Waals surface area contributed by atoms with E-state index in [1.165, 1.54) is 17.8 Å². The van der Waals surface area contributed by atoms with E-state index in [0.29, 0.717) is 43.3 Å². The minimum Gasteiger partial charge on any atom is -0.338 e. The molecule has 2 heterocycles. The van der Waals surface area contributed by atoms with Gasteiger partial charge in [-0.15, -0.1) is 0 Å². The van der Waals surface area contributed by atoms with Crippen LogP contribution in [0.5, 0.6) is 0 Å². The monoisotopic (exact) mass is 433 g/mol. The van der Waals surface area contributed by atoms with Crippen molar-refractivity contribution in [3.05, 3.63) is 58.9 Å². The van der Waals surface area contributed by atoms with E-state index in [1.54, 1.807) is 24.0 Å². The molecule has 1 unspecified atom stereocenters. The predicted octanol–water partition coefficient (Wildman–Crippen LogP) is 3.63. The zero-order valence-corrected chi connectivity index (χ0v) is 17.5. The number of rotatable bonds is 3. The van der Waals surface area contributed by atoms with Crippen molar-refractivity contribution in [2.24, 2.45) is 0 Å². The Bertz CT molecular complexity index is 944. The van der Waals surface area contributed by atoms with Crippen LogP contribution in [0.25, 0.3) is 0 Å². The van der Waals surface area contributed by atoms with Gasteiger partial charge in [0.15, 0.2) is 4.75 Å². The van der Waals surface area contributed by atoms with Crippen molar-refractivity contribution < 1.29 is 14.0 Å². The van der Waals surface area contributed by atoms with E-state index >= 15 is 0 Å². The van der Waals surface area contributed by atoms with Crippen LogP contribution in [0.1, 0.15) is 12.5 Å². The lowest BCUT2D eigenvalue weighted by Gasteiger charge is -2.40. The summed E-state index contributed by atoms with van der Waals surface area (Å²) in [5.41, 5.74) is 1.21. The zero-order valence-electron chi connectivity index (χ0n) is 16.0. The third kappa shape index (κ3) is 3.86. The lowest BCUT2D eigenvalue weighted by atomic mass is 10.1. The molecule has 2 amide bonds. The average Bonchev–Trinajstić information content (AvgIpc) is 2.71. The molecule has 0 saturated carbocycles. The average molecular weight is 434 g/mol. The quantitative estimate of drug-likeness (QED) is 0.751. The van der Waals surface area contributed by atoms with E-state index in [2.05, 4.69) is 10.2 Å². The van der Waals surface area contributed by atoms with Gasteiger partial charge in [0.05, 0.1) is 5.69 Å². The van der Waals surface area contributed by atoms with Gasteiger partial charge in [-0.1, -0.05) is 41.6 Å². The van der Waals surface area contributed by atoms with Crippen LogP contribution in [-0.4, -0.2) is 52.5 Å². The maximum absolute atomic E-state index is 14.0. The number of para-hydroxylation sites is 1. The molecule has 8 heteroatoms. The molecule has 0 aromatic heterocycles. The number of piperazine rings is 1. The number of thioether (sulfide) groups is 1. The lowest BCUT2D eigenvalue weighted by molar-refractivity contribution is -0.139. The van der Waals surface area contributed by atoms with Crippen LogP contribution < -0.4 is 5.32 Å². The third-order valence-corrected chi connectivity index (χ3v) is 7.09. The number of amides is 2.